The minimum atomic E-state index is -0.547. The standard InChI is InChI=1S/C19H14Cl2N2O5S/c1-27-15(24)9-23-16-13(21)7-12(20)8-14(16)29-19(23)22-17(25)10-3-5-11(6-4-10)18(26)28-2/h3-8H,9H2,1-2H3. The zero-order valence-electron chi connectivity index (χ0n) is 15.3. The number of esters is 2. The van der Waals surface area contributed by atoms with Gasteiger partial charge in [0.15, 0.2) is 4.80 Å². The van der Waals surface area contributed by atoms with Crippen LogP contribution < -0.4 is 4.80 Å². The Morgan fingerprint density at radius 2 is 1.69 bits per heavy atom. The number of ether oxygens (including phenoxy) is 2. The Morgan fingerprint density at radius 1 is 1.03 bits per heavy atom. The van der Waals surface area contributed by atoms with Crippen LogP contribution in [0.2, 0.25) is 10.0 Å². The molecule has 7 nitrogen and oxygen atoms in total. The van der Waals surface area contributed by atoms with E-state index in [-0.39, 0.29) is 16.9 Å². The second-order valence-corrected chi connectivity index (χ2v) is 7.62. The average molecular weight is 453 g/mol. The second kappa shape index (κ2) is 8.77. The number of nitrogens with zero attached hydrogens (tertiary/aromatic N) is 2. The van der Waals surface area contributed by atoms with E-state index in [0.717, 1.165) is 11.3 Å². The van der Waals surface area contributed by atoms with E-state index in [4.69, 9.17) is 27.9 Å². The van der Waals surface area contributed by atoms with Crippen molar-refractivity contribution in [3.8, 4) is 0 Å². The van der Waals surface area contributed by atoms with E-state index >= 15 is 0 Å². The number of thiazole rings is 1. The molecule has 3 aromatic rings. The summed E-state index contributed by atoms with van der Waals surface area (Å²) < 4.78 is 11.5. The Bertz CT molecular complexity index is 1180. The number of carbonyl (C=O) groups excluding carboxylic acids is 3. The average Bonchev–Trinajstić information content (AvgIpc) is 3.03. The van der Waals surface area contributed by atoms with E-state index in [1.165, 1.54) is 43.1 Å². The molecular formula is C19H14Cl2N2O5S. The Morgan fingerprint density at radius 3 is 2.31 bits per heavy atom. The number of hydrogen-bond acceptors (Lipinski definition) is 6. The Balaban J connectivity index is 2.09. The first-order valence-electron chi connectivity index (χ1n) is 8.16. The molecule has 1 aromatic heterocycles. The largest absolute Gasteiger partial charge is 0.468 e. The molecule has 2 aromatic carbocycles. The quantitative estimate of drug-likeness (QED) is 0.563. The van der Waals surface area contributed by atoms with E-state index in [0.29, 0.717) is 25.8 Å². The normalized spacial score (nSPS) is 11.5. The number of halogens is 2. The molecule has 0 aliphatic rings. The number of amides is 1. The fraction of sp³-hybridized carbons (Fsp3) is 0.158. The summed E-state index contributed by atoms with van der Waals surface area (Å²) in [5.41, 5.74) is 1.11. The third-order valence-electron chi connectivity index (χ3n) is 3.96. The van der Waals surface area contributed by atoms with Gasteiger partial charge in [0.1, 0.15) is 6.54 Å². The van der Waals surface area contributed by atoms with Crippen molar-refractivity contribution in [2.45, 2.75) is 6.54 Å². The van der Waals surface area contributed by atoms with Gasteiger partial charge in [-0.25, -0.2) is 4.79 Å². The van der Waals surface area contributed by atoms with Crippen LogP contribution in [0.4, 0.5) is 0 Å². The molecule has 1 amide bonds. The first kappa shape index (κ1) is 21.0. The molecule has 0 radical (unpaired) electrons. The summed E-state index contributed by atoms with van der Waals surface area (Å²) in [5.74, 6) is -1.58. The van der Waals surface area contributed by atoms with Crippen LogP contribution in [-0.4, -0.2) is 36.6 Å². The maximum Gasteiger partial charge on any atom is 0.337 e. The predicted molar refractivity (Wildman–Crippen MR) is 110 cm³/mol. The summed E-state index contributed by atoms with van der Waals surface area (Å²) in [6.45, 7) is -0.175. The number of aromatic nitrogens is 1. The SMILES string of the molecule is COC(=O)Cn1c(=NC(=O)c2ccc(C(=O)OC)cc2)sc2cc(Cl)cc(Cl)c21. The smallest absolute Gasteiger partial charge is 0.337 e. The van der Waals surface area contributed by atoms with Crippen LogP contribution in [0.25, 0.3) is 10.2 Å². The summed E-state index contributed by atoms with van der Waals surface area (Å²) in [6.07, 6.45) is 0. The number of carbonyl (C=O) groups is 3. The molecule has 0 bridgehead atoms. The van der Waals surface area contributed by atoms with Crippen molar-refractivity contribution in [3.63, 3.8) is 0 Å². The van der Waals surface area contributed by atoms with E-state index in [1.54, 1.807) is 12.1 Å². The zero-order valence-corrected chi connectivity index (χ0v) is 17.6. The number of hydrogen-bond donors (Lipinski definition) is 0. The summed E-state index contributed by atoms with van der Waals surface area (Å²) in [6, 6.07) is 9.11. The van der Waals surface area contributed by atoms with E-state index in [1.807, 2.05) is 0 Å². The lowest BCUT2D eigenvalue weighted by Gasteiger charge is -2.05. The second-order valence-electron chi connectivity index (χ2n) is 5.77. The van der Waals surface area contributed by atoms with Gasteiger partial charge in [0, 0.05) is 10.6 Å². The highest BCUT2D eigenvalue weighted by molar-refractivity contribution is 7.16. The minimum Gasteiger partial charge on any atom is -0.468 e. The lowest BCUT2D eigenvalue weighted by atomic mass is 10.1. The van der Waals surface area contributed by atoms with Crippen molar-refractivity contribution < 1.29 is 23.9 Å². The fourth-order valence-corrected chi connectivity index (χ4v) is 4.38. The third kappa shape index (κ3) is 4.50. The number of rotatable bonds is 4. The minimum absolute atomic E-state index is 0.175. The third-order valence-corrected chi connectivity index (χ3v) is 5.49. The van der Waals surface area contributed by atoms with E-state index < -0.39 is 17.8 Å². The van der Waals surface area contributed by atoms with Crippen LogP contribution in [0.15, 0.2) is 41.4 Å². The highest BCUT2D eigenvalue weighted by Crippen LogP contribution is 2.29. The van der Waals surface area contributed by atoms with Crippen molar-refractivity contribution in [2.24, 2.45) is 4.99 Å². The zero-order chi connectivity index (χ0) is 21.1. The van der Waals surface area contributed by atoms with Crippen LogP contribution in [-0.2, 0) is 20.8 Å². The maximum absolute atomic E-state index is 12.6. The molecule has 29 heavy (non-hydrogen) atoms. The highest BCUT2D eigenvalue weighted by Gasteiger charge is 2.16. The number of benzene rings is 2. The van der Waals surface area contributed by atoms with Gasteiger partial charge in [-0.2, -0.15) is 4.99 Å². The summed E-state index contributed by atoms with van der Waals surface area (Å²) in [4.78, 5) is 40.4. The van der Waals surface area contributed by atoms with Gasteiger partial charge in [0.2, 0.25) is 0 Å². The molecule has 0 atom stereocenters. The predicted octanol–water partition coefficient (Wildman–Crippen LogP) is 3.71. The number of fused-ring (bicyclic) bond motifs is 1. The molecule has 0 saturated heterocycles. The molecule has 1 heterocycles. The topological polar surface area (TPSA) is 87.0 Å². The molecule has 0 unspecified atom stereocenters. The van der Waals surface area contributed by atoms with Crippen LogP contribution in [0.1, 0.15) is 20.7 Å². The van der Waals surface area contributed by atoms with Gasteiger partial charge in [0.25, 0.3) is 5.91 Å². The first-order chi connectivity index (χ1) is 13.8. The van der Waals surface area contributed by atoms with Gasteiger partial charge in [-0.3, -0.25) is 9.59 Å². The fourth-order valence-electron chi connectivity index (χ4n) is 2.57. The molecular weight excluding hydrogens is 439 g/mol. The first-order valence-corrected chi connectivity index (χ1v) is 9.74. The Labute approximate surface area is 179 Å². The van der Waals surface area contributed by atoms with Gasteiger partial charge in [0.05, 0.1) is 35.0 Å². The Hall–Kier alpha value is -2.68. The van der Waals surface area contributed by atoms with Gasteiger partial charge in [-0.05, 0) is 36.4 Å². The van der Waals surface area contributed by atoms with Crippen LogP contribution in [0, 0.1) is 0 Å². The summed E-state index contributed by atoms with van der Waals surface area (Å²) in [5, 5.41) is 0.745. The Kier molecular flexibility index (Phi) is 6.36. The van der Waals surface area contributed by atoms with E-state index in [9.17, 15) is 14.4 Å². The molecule has 0 fully saturated rings. The van der Waals surface area contributed by atoms with Crippen LogP contribution in [0.5, 0.6) is 0 Å². The molecule has 0 saturated carbocycles. The lowest BCUT2D eigenvalue weighted by molar-refractivity contribution is -0.141. The van der Waals surface area contributed by atoms with Crippen molar-refractivity contribution in [1.29, 1.82) is 0 Å². The van der Waals surface area contributed by atoms with Gasteiger partial charge in [-0.1, -0.05) is 34.5 Å². The molecule has 150 valence electrons. The molecule has 3 rings (SSSR count). The molecule has 0 spiro atoms. The van der Waals surface area contributed by atoms with Crippen molar-refractivity contribution in [1.82, 2.24) is 4.57 Å². The monoisotopic (exact) mass is 452 g/mol. The molecule has 0 aliphatic heterocycles. The van der Waals surface area contributed by atoms with E-state index in [2.05, 4.69) is 9.73 Å². The summed E-state index contributed by atoms with van der Waals surface area (Å²) >= 11 is 13.5. The molecule has 0 N–H and O–H groups in total. The van der Waals surface area contributed by atoms with Gasteiger partial charge < -0.3 is 14.0 Å². The highest BCUT2D eigenvalue weighted by atomic mass is 35.5. The van der Waals surface area contributed by atoms with Crippen molar-refractivity contribution in [2.75, 3.05) is 14.2 Å². The summed E-state index contributed by atoms with van der Waals surface area (Å²) in [7, 11) is 2.54. The van der Waals surface area contributed by atoms with Crippen LogP contribution in [0.3, 0.4) is 0 Å². The number of methoxy groups -OCH3 is 2. The van der Waals surface area contributed by atoms with Gasteiger partial charge in [-0.15, -0.1) is 0 Å². The lowest BCUT2D eigenvalue weighted by Crippen LogP contribution is -2.22. The van der Waals surface area contributed by atoms with Crippen LogP contribution >= 0.6 is 34.5 Å². The van der Waals surface area contributed by atoms with Gasteiger partial charge >= 0.3 is 11.9 Å². The molecule has 10 heteroatoms. The van der Waals surface area contributed by atoms with Crippen molar-refractivity contribution in [3.05, 3.63) is 62.4 Å². The maximum atomic E-state index is 12.6. The molecule has 0 aliphatic carbocycles. The van der Waals surface area contributed by atoms with Crippen molar-refractivity contribution >= 4 is 62.6 Å².